The minimum atomic E-state index is -0.840. The van der Waals surface area contributed by atoms with Crippen molar-refractivity contribution in [1.29, 1.82) is 0 Å². The van der Waals surface area contributed by atoms with Gasteiger partial charge in [0.25, 0.3) is 5.91 Å². The van der Waals surface area contributed by atoms with E-state index in [1.807, 2.05) is 0 Å². The fraction of sp³-hybridized carbons (Fsp3) is 0.444. The van der Waals surface area contributed by atoms with Gasteiger partial charge in [0, 0.05) is 14.2 Å². The number of phenols is 1. The van der Waals surface area contributed by atoms with Crippen LogP contribution < -0.4 is 4.74 Å². The van der Waals surface area contributed by atoms with Crippen LogP contribution in [0.5, 0.6) is 11.5 Å². The van der Waals surface area contributed by atoms with Crippen molar-refractivity contribution in [3.8, 4) is 11.5 Å². The number of hydrogen-bond donors (Lipinski definition) is 2. The molecule has 2 rings (SSSR count). The van der Waals surface area contributed by atoms with E-state index in [0.717, 1.165) is 0 Å². The first-order chi connectivity index (χ1) is 12.3. The van der Waals surface area contributed by atoms with Crippen molar-refractivity contribution in [3.63, 3.8) is 0 Å². The number of methoxy groups -OCH3 is 2. The highest BCUT2D eigenvalue weighted by Gasteiger charge is 2.43. The number of aliphatic hydroxyl groups is 1. The first-order valence-electron chi connectivity index (χ1n) is 8.11. The Morgan fingerprint density at radius 3 is 2.46 bits per heavy atom. The van der Waals surface area contributed by atoms with Crippen molar-refractivity contribution in [2.24, 2.45) is 0 Å². The fourth-order valence-corrected chi connectivity index (χ4v) is 2.93. The predicted molar refractivity (Wildman–Crippen MR) is 91.9 cm³/mol. The molecule has 0 bridgehead atoms. The van der Waals surface area contributed by atoms with Gasteiger partial charge in [0.15, 0.2) is 29.3 Å². The summed E-state index contributed by atoms with van der Waals surface area (Å²) in [6.07, 6.45) is -0.732. The molecule has 0 fully saturated rings. The zero-order chi connectivity index (χ0) is 19.4. The number of ether oxygens (including phenoxy) is 3. The molecular formula is C18H23NO7. The van der Waals surface area contributed by atoms with Crippen LogP contribution in [-0.2, 0) is 19.1 Å². The number of phenolic OH excluding ortho intramolecular Hbond substituents is 1. The minimum Gasteiger partial charge on any atom is -0.504 e. The van der Waals surface area contributed by atoms with E-state index >= 15 is 0 Å². The van der Waals surface area contributed by atoms with Gasteiger partial charge in [0.05, 0.1) is 24.8 Å². The number of hydrogen-bond acceptors (Lipinski definition) is 7. The number of nitrogens with zero attached hydrogens (tertiary/aromatic N) is 1. The highest BCUT2D eigenvalue weighted by Crippen LogP contribution is 2.40. The summed E-state index contributed by atoms with van der Waals surface area (Å²) in [5.74, 6) is -1.55. The Labute approximate surface area is 151 Å². The fourth-order valence-electron chi connectivity index (χ4n) is 2.93. The molecule has 0 aromatic heterocycles. The summed E-state index contributed by atoms with van der Waals surface area (Å²) in [5.41, 5.74) is 0.494. The van der Waals surface area contributed by atoms with Crippen LogP contribution in [0.1, 0.15) is 25.5 Å². The molecule has 1 aliphatic heterocycles. The number of amides is 1. The summed E-state index contributed by atoms with van der Waals surface area (Å²) < 4.78 is 15.7. The first kappa shape index (κ1) is 19.7. The van der Waals surface area contributed by atoms with E-state index in [-0.39, 0.29) is 23.6 Å². The van der Waals surface area contributed by atoms with Gasteiger partial charge < -0.3 is 29.3 Å². The molecule has 0 radical (unpaired) electrons. The molecule has 0 unspecified atom stereocenters. The molecule has 1 aromatic rings. The zero-order valence-corrected chi connectivity index (χ0v) is 15.2. The van der Waals surface area contributed by atoms with E-state index in [4.69, 9.17) is 14.2 Å². The Morgan fingerprint density at radius 1 is 1.27 bits per heavy atom. The highest BCUT2D eigenvalue weighted by molar-refractivity contribution is 6.08. The zero-order valence-electron chi connectivity index (χ0n) is 15.2. The molecule has 0 spiro atoms. The van der Waals surface area contributed by atoms with Crippen LogP contribution in [0.3, 0.4) is 0 Å². The Kier molecular flexibility index (Phi) is 6.23. The molecule has 1 heterocycles. The lowest BCUT2D eigenvalue weighted by Gasteiger charge is -2.29. The molecule has 26 heavy (non-hydrogen) atoms. The number of carbonyl (C=O) groups excluding carboxylic acids is 2. The molecule has 8 heteroatoms. The van der Waals surface area contributed by atoms with E-state index in [1.54, 1.807) is 19.1 Å². The van der Waals surface area contributed by atoms with Gasteiger partial charge >= 0.3 is 0 Å². The van der Waals surface area contributed by atoms with Crippen molar-refractivity contribution in [3.05, 3.63) is 35.1 Å². The average Bonchev–Trinajstić information content (AvgIpc) is 2.86. The minimum absolute atomic E-state index is 0.00217. The van der Waals surface area contributed by atoms with E-state index in [1.165, 1.54) is 32.1 Å². The maximum atomic E-state index is 12.5. The van der Waals surface area contributed by atoms with Gasteiger partial charge in [-0.1, -0.05) is 6.07 Å². The van der Waals surface area contributed by atoms with Crippen LogP contribution in [0.25, 0.3) is 0 Å². The second kappa shape index (κ2) is 8.20. The van der Waals surface area contributed by atoms with Gasteiger partial charge in [0.2, 0.25) is 0 Å². The summed E-state index contributed by atoms with van der Waals surface area (Å²) >= 11 is 0. The number of carbonyl (C=O) groups is 2. The summed E-state index contributed by atoms with van der Waals surface area (Å²) in [4.78, 5) is 25.9. The third-order valence-corrected chi connectivity index (χ3v) is 4.15. The SMILES string of the molecule is CCOc1cc([C@@H]2C(C(C)=O)=C(O)C(=O)N2CC(OC)OC)ccc1O. The third-order valence-electron chi connectivity index (χ3n) is 4.15. The molecule has 0 aliphatic carbocycles. The van der Waals surface area contributed by atoms with Crippen molar-refractivity contribution < 1.29 is 34.0 Å². The maximum absolute atomic E-state index is 12.5. The number of ketones is 1. The maximum Gasteiger partial charge on any atom is 0.290 e. The lowest BCUT2D eigenvalue weighted by Crippen LogP contribution is -2.38. The summed E-state index contributed by atoms with van der Waals surface area (Å²) in [6.45, 7) is 3.39. The van der Waals surface area contributed by atoms with Crippen LogP contribution in [0.2, 0.25) is 0 Å². The van der Waals surface area contributed by atoms with Crippen LogP contribution >= 0.6 is 0 Å². The molecular weight excluding hydrogens is 342 g/mol. The van der Waals surface area contributed by atoms with E-state index in [2.05, 4.69) is 0 Å². The lowest BCUT2D eigenvalue weighted by atomic mass is 9.96. The topological polar surface area (TPSA) is 106 Å². The number of rotatable bonds is 8. The van der Waals surface area contributed by atoms with E-state index in [0.29, 0.717) is 12.2 Å². The molecule has 1 atom stereocenters. The molecule has 1 aromatic carbocycles. The second-order valence-corrected chi connectivity index (χ2v) is 5.74. The normalized spacial score (nSPS) is 17.3. The van der Waals surface area contributed by atoms with Gasteiger partial charge in [-0.25, -0.2) is 0 Å². The predicted octanol–water partition coefficient (Wildman–Crippen LogP) is 1.69. The molecule has 1 amide bonds. The Hall–Kier alpha value is -2.58. The van der Waals surface area contributed by atoms with E-state index < -0.39 is 29.8 Å². The molecule has 1 aliphatic rings. The third kappa shape index (κ3) is 3.66. The Morgan fingerprint density at radius 2 is 1.92 bits per heavy atom. The van der Waals surface area contributed by atoms with Gasteiger partial charge in [-0.2, -0.15) is 0 Å². The molecule has 0 saturated heterocycles. The van der Waals surface area contributed by atoms with Gasteiger partial charge in [-0.3, -0.25) is 9.59 Å². The Balaban J connectivity index is 2.52. The van der Waals surface area contributed by atoms with Gasteiger partial charge in [-0.15, -0.1) is 0 Å². The summed E-state index contributed by atoms with van der Waals surface area (Å²) in [7, 11) is 2.85. The quantitative estimate of drug-likeness (QED) is 0.675. The summed E-state index contributed by atoms with van der Waals surface area (Å²) in [5, 5.41) is 20.1. The van der Waals surface area contributed by atoms with Crippen molar-refractivity contribution in [1.82, 2.24) is 4.90 Å². The van der Waals surface area contributed by atoms with E-state index in [9.17, 15) is 19.8 Å². The molecule has 8 nitrogen and oxygen atoms in total. The Bertz CT molecular complexity index is 724. The van der Waals surface area contributed by atoms with Crippen LogP contribution in [-0.4, -0.2) is 60.5 Å². The van der Waals surface area contributed by atoms with Crippen LogP contribution in [0.4, 0.5) is 0 Å². The number of aliphatic hydroxyl groups excluding tert-OH is 1. The molecule has 0 saturated carbocycles. The van der Waals surface area contributed by atoms with Gasteiger partial charge in [0.1, 0.15) is 0 Å². The highest BCUT2D eigenvalue weighted by atomic mass is 16.7. The lowest BCUT2D eigenvalue weighted by molar-refractivity contribution is -0.144. The van der Waals surface area contributed by atoms with Crippen LogP contribution in [0.15, 0.2) is 29.5 Å². The van der Waals surface area contributed by atoms with Crippen molar-refractivity contribution in [2.45, 2.75) is 26.2 Å². The van der Waals surface area contributed by atoms with Crippen molar-refractivity contribution in [2.75, 3.05) is 27.4 Å². The number of benzene rings is 1. The average molecular weight is 365 g/mol. The number of Topliss-reactive ketones (excluding diaryl/α,β-unsaturated/α-hetero) is 1. The number of aromatic hydroxyl groups is 1. The van der Waals surface area contributed by atoms with Crippen LogP contribution in [0, 0.1) is 0 Å². The molecule has 142 valence electrons. The second-order valence-electron chi connectivity index (χ2n) is 5.74. The van der Waals surface area contributed by atoms with Crippen molar-refractivity contribution >= 4 is 11.7 Å². The summed E-state index contributed by atoms with van der Waals surface area (Å²) in [6, 6.07) is 3.69. The largest absolute Gasteiger partial charge is 0.504 e. The first-order valence-corrected chi connectivity index (χ1v) is 8.11. The van der Waals surface area contributed by atoms with Gasteiger partial charge in [-0.05, 0) is 31.5 Å². The molecule has 2 N–H and O–H groups in total. The monoisotopic (exact) mass is 365 g/mol. The smallest absolute Gasteiger partial charge is 0.290 e. The standard InChI is InChI=1S/C18H23NO7/c1-5-26-13-8-11(6-7-12(13)21)16-15(10(2)20)17(22)18(23)19(16)9-14(24-3)25-4/h6-8,14,16,21-22H,5,9H2,1-4H3/t16-/m1/s1.